The Hall–Kier alpha value is -2.20. The molecule has 0 radical (unpaired) electrons. The summed E-state index contributed by atoms with van der Waals surface area (Å²) in [5.74, 6) is -1.28. The number of rotatable bonds is 2. The molecule has 22 heavy (non-hydrogen) atoms. The van der Waals surface area contributed by atoms with Crippen molar-refractivity contribution in [1.82, 2.24) is 4.98 Å². The molecule has 0 aliphatic heterocycles. The van der Waals surface area contributed by atoms with Crippen molar-refractivity contribution in [3.8, 4) is 0 Å². The molecule has 0 aliphatic rings. The Kier molecular flexibility index (Phi) is 3.71. The molecule has 0 spiro atoms. The molecule has 112 valence electrons. The van der Waals surface area contributed by atoms with Crippen LogP contribution in [0.15, 0.2) is 36.4 Å². The van der Waals surface area contributed by atoms with Crippen molar-refractivity contribution >= 4 is 33.9 Å². The van der Waals surface area contributed by atoms with Crippen LogP contribution in [0.3, 0.4) is 0 Å². The third-order valence-electron chi connectivity index (χ3n) is 3.62. The number of anilines is 2. The summed E-state index contributed by atoms with van der Waals surface area (Å²) in [5.41, 5.74) is 3.18. The van der Waals surface area contributed by atoms with E-state index in [4.69, 9.17) is 11.6 Å². The quantitative estimate of drug-likeness (QED) is 0.672. The number of aryl methyl sites for hydroxylation is 1. The average molecular weight is 319 g/mol. The molecule has 0 fully saturated rings. The molecule has 2 aromatic carbocycles. The molecule has 1 aromatic heterocycles. The molecule has 3 aromatic rings. The standard InChI is InChI=1S/C17H13ClF2N2/c1-9-10(2)21-17-12(16(9)18)4-3-5-15(17)22-14-7-6-11(19)8-13(14)20/h3-8,22H,1-2H3. The summed E-state index contributed by atoms with van der Waals surface area (Å²) in [7, 11) is 0. The first-order valence-electron chi connectivity index (χ1n) is 6.75. The van der Waals surface area contributed by atoms with Gasteiger partial charge in [0.1, 0.15) is 11.6 Å². The summed E-state index contributed by atoms with van der Waals surface area (Å²) in [4.78, 5) is 4.54. The van der Waals surface area contributed by atoms with Crippen molar-refractivity contribution in [2.24, 2.45) is 0 Å². The van der Waals surface area contributed by atoms with Gasteiger partial charge in [-0.3, -0.25) is 4.98 Å². The Bertz CT molecular complexity index is 878. The summed E-state index contributed by atoms with van der Waals surface area (Å²) >= 11 is 6.37. The minimum Gasteiger partial charge on any atom is -0.351 e. The smallest absolute Gasteiger partial charge is 0.149 e. The Labute approximate surface area is 131 Å². The zero-order chi connectivity index (χ0) is 15.9. The molecule has 0 aliphatic carbocycles. The lowest BCUT2D eigenvalue weighted by Gasteiger charge is -2.13. The van der Waals surface area contributed by atoms with Crippen LogP contribution in [0.4, 0.5) is 20.2 Å². The number of halogens is 3. The van der Waals surface area contributed by atoms with Gasteiger partial charge in [0.15, 0.2) is 0 Å². The maximum Gasteiger partial charge on any atom is 0.149 e. The molecule has 1 heterocycles. The van der Waals surface area contributed by atoms with Crippen LogP contribution in [0.2, 0.25) is 5.02 Å². The zero-order valence-corrected chi connectivity index (χ0v) is 12.8. The largest absolute Gasteiger partial charge is 0.351 e. The van der Waals surface area contributed by atoms with E-state index >= 15 is 0 Å². The summed E-state index contributed by atoms with van der Waals surface area (Å²) in [6.07, 6.45) is 0. The molecule has 0 atom stereocenters. The second-order valence-electron chi connectivity index (χ2n) is 5.09. The van der Waals surface area contributed by atoms with E-state index in [0.29, 0.717) is 16.2 Å². The molecule has 3 rings (SSSR count). The van der Waals surface area contributed by atoms with Gasteiger partial charge in [0.2, 0.25) is 0 Å². The lowest BCUT2D eigenvalue weighted by molar-refractivity contribution is 0.586. The maximum absolute atomic E-state index is 13.8. The predicted molar refractivity (Wildman–Crippen MR) is 85.9 cm³/mol. The van der Waals surface area contributed by atoms with Gasteiger partial charge < -0.3 is 5.32 Å². The third kappa shape index (κ3) is 2.50. The van der Waals surface area contributed by atoms with Gasteiger partial charge in [-0.05, 0) is 37.6 Å². The number of nitrogens with zero attached hydrogens (tertiary/aromatic N) is 1. The summed E-state index contributed by atoms with van der Waals surface area (Å²) in [5, 5.41) is 4.37. The van der Waals surface area contributed by atoms with E-state index in [1.807, 2.05) is 26.0 Å². The second kappa shape index (κ2) is 5.54. The van der Waals surface area contributed by atoms with Crippen LogP contribution in [0.25, 0.3) is 10.9 Å². The Balaban J connectivity index is 2.15. The highest BCUT2D eigenvalue weighted by Crippen LogP contribution is 2.33. The topological polar surface area (TPSA) is 24.9 Å². The van der Waals surface area contributed by atoms with Gasteiger partial charge in [0.25, 0.3) is 0 Å². The molecular weight excluding hydrogens is 306 g/mol. The van der Waals surface area contributed by atoms with E-state index in [9.17, 15) is 8.78 Å². The van der Waals surface area contributed by atoms with Gasteiger partial charge in [-0.25, -0.2) is 8.78 Å². The van der Waals surface area contributed by atoms with E-state index in [0.717, 1.165) is 22.7 Å². The van der Waals surface area contributed by atoms with Gasteiger partial charge in [-0.2, -0.15) is 0 Å². The molecule has 1 N–H and O–H groups in total. The van der Waals surface area contributed by atoms with Gasteiger partial charge in [0, 0.05) is 17.1 Å². The highest BCUT2D eigenvalue weighted by molar-refractivity contribution is 6.36. The van der Waals surface area contributed by atoms with Crippen molar-refractivity contribution in [2.75, 3.05) is 5.32 Å². The first-order chi connectivity index (χ1) is 10.5. The van der Waals surface area contributed by atoms with E-state index in [2.05, 4.69) is 10.3 Å². The van der Waals surface area contributed by atoms with Crippen molar-refractivity contribution in [1.29, 1.82) is 0 Å². The van der Waals surface area contributed by atoms with Crippen LogP contribution >= 0.6 is 11.6 Å². The molecule has 5 heteroatoms. The molecule has 0 saturated carbocycles. The lowest BCUT2D eigenvalue weighted by Crippen LogP contribution is -1.98. The number of para-hydroxylation sites is 1. The van der Waals surface area contributed by atoms with Gasteiger partial charge >= 0.3 is 0 Å². The fourth-order valence-corrected chi connectivity index (χ4v) is 2.58. The zero-order valence-electron chi connectivity index (χ0n) is 12.0. The summed E-state index contributed by atoms with van der Waals surface area (Å²) in [6, 6.07) is 8.85. The molecular formula is C17H13ClF2N2. The van der Waals surface area contributed by atoms with Crippen LogP contribution < -0.4 is 5.32 Å². The summed E-state index contributed by atoms with van der Waals surface area (Å²) in [6.45, 7) is 3.78. The van der Waals surface area contributed by atoms with Crippen molar-refractivity contribution in [3.63, 3.8) is 0 Å². The van der Waals surface area contributed by atoms with E-state index in [-0.39, 0.29) is 5.69 Å². The SMILES string of the molecule is Cc1nc2c(Nc3ccc(F)cc3F)cccc2c(Cl)c1C. The number of nitrogens with one attached hydrogen (secondary N) is 1. The monoisotopic (exact) mass is 318 g/mol. The fourth-order valence-electron chi connectivity index (χ4n) is 2.29. The van der Waals surface area contributed by atoms with Crippen LogP contribution in [0.5, 0.6) is 0 Å². The normalized spacial score (nSPS) is 11.0. The predicted octanol–water partition coefficient (Wildman–Crippen LogP) is 5.53. The van der Waals surface area contributed by atoms with Crippen LogP contribution in [-0.4, -0.2) is 4.98 Å². The minimum absolute atomic E-state index is 0.185. The van der Waals surface area contributed by atoms with Crippen LogP contribution in [0, 0.1) is 25.5 Å². The van der Waals surface area contributed by atoms with Gasteiger partial charge in [-0.15, -0.1) is 0 Å². The second-order valence-corrected chi connectivity index (χ2v) is 5.47. The van der Waals surface area contributed by atoms with Crippen LogP contribution in [0.1, 0.15) is 11.3 Å². The van der Waals surface area contributed by atoms with Gasteiger partial charge in [0.05, 0.1) is 21.9 Å². The number of hydrogen-bond acceptors (Lipinski definition) is 2. The fraction of sp³-hybridized carbons (Fsp3) is 0.118. The Morgan fingerprint density at radius 2 is 1.82 bits per heavy atom. The lowest BCUT2D eigenvalue weighted by atomic mass is 10.1. The number of hydrogen-bond donors (Lipinski definition) is 1. The number of aromatic nitrogens is 1. The molecule has 0 amide bonds. The first-order valence-corrected chi connectivity index (χ1v) is 7.12. The third-order valence-corrected chi connectivity index (χ3v) is 4.11. The first kappa shape index (κ1) is 14.7. The van der Waals surface area contributed by atoms with E-state index < -0.39 is 11.6 Å². The Morgan fingerprint density at radius 3 is 2.55 bits per heavy atom. The van der Waals surface area contributed by atoms with Gasteiger partial charge in [-0.1, -0.05) is 23.7 Å². The molecule has 0 unspecified atom stereocenters. The molecule has 2 nitrogen and oxygen atoms in total. The number of fused-ring (bicyclic) bond motifs is 1. The van der Waals surface area contributed by atoms with Crippen molar-refractivity contribution < 1.29 is 8.78 Å². The average Bonchev–Trinajstić information content (AvgIpc) is 2.48. The Morgan fingerprint density at radius 1 is 1.05 bits per heavy atom. The maximum atomic E-state index is 13.8. The number of benzene rings is 2. The number of pyridine rings is 1. The molecule has 0 saturated heterocycles. The highest BCUT2D eigenvalue weighted by atomic mass is 35.5. The van der Waals surface area contributed by atoms with Crippen LogP contribution in [-0.2, 0) is 0 Å². The molecule has 0 bridgehead atoms. The summed E-state index contributed by atoms with van der Waals surface area (Å²) < 4.78 is 26.8. The van der Waals surface area contributed by atoms with Crippen molar-refractivity contribution in [2.45, 2.75) is 13.8 Å². The minimum atomic E-state index is -0.660. The van der Waals surface area contributed by atoms with E-state index in [1.54, 1.807) is 6.07 Å². The van der Waals surface area contributed by atoms with Crippen molar-refractivity contribution in [3.05, 3.63) is 64.3 Å². The van der Waals surface area contributed by atoms with E-state index in [1.165, 1.54) is 12.1 Å². The highest BCUT2D eigenvalue weighted by Gasteiger charge is 2.12.